The summed E-state index contributed by atoms with van der Waals surface area (Å²) in [4.78, 5) is 4.14. The van der Waals surface area contributed by atoms with E-state index >= 15 is 0 Å². The van der Waals surface area contributed by atoms with E-state index in [1.807, 2.05) is 24.4 Å². The van der Waals surface area contributed by atoms with E-state index in [0.29, 0.717) is 17.2 Å². The number of pyridine rings is 1. The Labute approximate surface area is 140 Å². The molecule has 0 saturated carbocycles. The first-order chi connectivity index (χ1) is 11.9. The first-order valence-electron chi connectivity index (χ1n) is 7.12. The van der Waals surface area contributed by atoms with Crippen LogP contribution in [0, 0.1) is 0 Å². The van der Waals surface area contributed by atoms with Crippen LogP contribution in [0.3, 0.4) is 0 Å². The Morgan fingerprint density at radius 1 is 1.16 bits per heavy atom. The molecular weight excluding hydrogens is 337 g/mol. The Morgan fingerprint density at radius 2 is 1.92 bits per heavy atom. The summed E-state index contributed by atoms with van der Waals surface area (Å²) in [7, 11) is 0. The number of hydrogen-bond donors (Lipinski definition) is 2. The number of anilines is 1. The van der Waals surface area contributed by atoms with Crippen molar-refractivity contribution in [1.82, 2.24) is 14.6 Å². The molecule has 0 amide bonds. The molecule has 2 heterocycles. The predicted molar refractivity (Wildman–Crippen MR) is 85.1 cm³/mol. The highest BCUT2D eigenvalue weighted by Crippen LogP contribution is 2.23. The average Bonchev–Trinajstić information content (AvgIpc) is 2.97. The van der Waals surface area contributed by atoms with E-state index in [-0.39, 0.29) is 18.3 Å². The van der Waals surface area contributed by atoms with Crippen molar-refractivity contribution in [3.8, 4) is 5.75 Å². The standard InChI is InChI=1S/C15H13F3N6O/c16-15(17,18)25-11-6-4-10(5-7-11)21-14(19)20-9-13-23-22-12-3-1-2-8-24(12)13/h1-8H,9H2,(H3,19,20,21). The summed E-state index contributed by atoms with van der Waals surface area (Å²) in [5, 5.41) is 10.8. The summed E-state index contributed by atoms with van der Waals surface area (Å²) in [6.07, 6.45) is -2.92. The molecule has 2 aromatic heterocycles. The minimum Gasteiger partial charge on any atom is -0.406 e. The molecule has 3 aromatic rings. The van der Waals surface area contributed by atoms with Crippen molar-refractivity contribution in [2.45, 2.75) is 12.9 Å². The van der Waals surface area contributed by atoms with Gasteiger partial charge in [0.2, 0.25) is 0 Å². The van der Waals surface area contributed by atoms with Crippen LogP contribution in [-0.2, 0) is 6.54 Å². The third-order valence-corrected chi connectivity index (χ3v) is 3.14. The highest BCUT2D eigenvalue weighted by atomic mass is 19.4. The lowest BCUT2D eigenvalue weighted by Gasteiger charge is -2.10. The summed E-state index contributed by atoms with van der Waals surface area (Å²) in [5.74, 6) is 0.384. The van der Waals surface area contributed by atoms with Crippen molar-refractivity contribution in [2.24, 2.45) is 10.7 Å². The minimum atomic E-state index is -4.73. The van der Waals surface area contributed by atoms with Crippen LogP contribution < -0.4 is 15.8 Å². The molecule has 0 spiro atoms. The molecule has 0 radical (unpaired) electrons. The predicted octanol–water partition coefficient (Wildman–Crippen LogP) is 2.55. The Kier molecular flexibility index (Phi) is 4.42. The van der Waals surface area contributed by atoms with E-state index in [2.05, 4.69) is 25.2 Å². The van der Waals surface area contributed by atoms with Crippen molar-refractivity contribution in [2.75, 3.05) is 5.32 Å². The highest BCUT2D eigenvalue weighted by molar-refractivity contribution is 5.92. The first-order valence-corrected chi connectivity index (χ1v) is 7.12. The second-order valence-corrected chi connectivity index (χ2v) is 4.94. The Bertz CT molecular complexity index is 888. The molecule has 0 aliphatic carbocycles. The zero-order valence-electron chi connectivity index (χ0n) is 12.7. The maximum atomic E-state index is 12.1. The molecule has 1 aromatic carbocycles. The van der Waals surface area contributed by atoms with E-state index in [0.717, 1.165) is 0 Å². The fourth-order valence-corrected chi connectivity index (χ4v) is 2.08. The van der Waals surface area contributed by atoms with Crippen molar-refractivity contribution in [3.63, 3.8) is 0 Å². The number of nitrogens with zero attached hydrogens (tertiary/aromatic N) is 4. The van der Waals surface area contributed by atoms with E-state index in [1.165, 1.54) is 24.3 Å². The first kappa shape index (κ1) is 16.6. The molecule has 3 N–H and O–H groups in total. The third-order valence-electron chi connectivity index (χ3n) is 3.14. The van der Waals surface area contributed by atoms with Crippen LogP contribution in [0.1, 0.15) is 5.82 Å². The fourth-order valence-electron chi connectivity index (χ4n) is 2.08. The molecule has 0 aliphatic rings. The number of hydrogen-bond acceptors (Lipinski definition) is 4. The molecule has 0 atom stereocenters. The van der Waals surface area contributed by atoms with Crippen LogP contribution in [0.4, 0.5) is 18.9 Å². The van der Waals surface area contributed by atoms with Gasteiger partial charge in [-0.15, -0.1) is 23.4 Å². The summed E-state index contributed by atoms with van der Waals surface area (Å²) in [6.45, 7) is 0.194. The zero-order valence-corrected chi connectivity index (χ0v) is 12.7. The Balaban J connectivity index is 1.63. The topological polar surface area (TPSA) is 89.8 Å². The van der Waals surface area contributed by atoms with Crippen LogP contribution >= 0.6 is 0 Å². The number of nitrogens with two attached hydrogens (primary N) is 1. The normalized spacial score (nSPS) is 12.4. The number of benzene rings is 1. The minimum absolute atomic E-state index is 0.0946. The summed E-state index contributed by atoms with van der Waals surface area (Å²) in [5.41, 5.74) is 6.94. The van der Waals surface area contributed by atoms with Crippen LogP contribution in [0.5, 0.6) is 5.75 Å². The number of aliphatic imine (C=N–C) groups is 1. The molecule has 25 heavy (non-hydrogen) atoms. The molecule has 0 fully saturated rings. The van der Waals surface area contributed by atoms with Gasteiger partial charge in [-0.1, -0.05) is 6.07 Å². The van der Waals surface area contributed by atoms with Crippen molar-refractivity contribution >= 4 is 17.3 Å². The van der Waals surface area contributed by atoms with Crippen LogP contribution in [0.25, 0.3) is 5.65 Å². The van der Waals surface area contributed by atoms with Gasteiger partial charge in [0, 0.05) is 11.9 Å². The van der Waals surface area contributed by atoms with Gasteiger partial charge in [0.05, 0.1) is 0 Å². The van der Waals surface area contributed by atoms with Crippen LogP contribution in [0.2, 0.25) is 0 Å². The molecule has 10 heteroatoms. The number of rotatable bonds is 4. The molecule has 7 nitrogen and oxygen atoms in total. The van der Waals surface area contributed by atoms with Gasteiger partial charge in [-0.2, -0.15) is 0 Å². The lowest BCUT2D eigenvalue weighted by Crippen LogP contribution is -2.22. The largest absolute Gasteiger partial charge is 0.573 e. The third kappa shape index (κ3) is 4.37. The Morgan fingerprint density at radius 3 is 2.64 bits per heavy atom. The number of alkyl halides is 3. The summed E-state index contributed by atoms with van der Waals surface area (Å²) >= 11 is 0. The van der Waals surface area contributed by atoms with Gasteiger partial charge in [0.15, 0.2) is 17.4 Å². The van der Waals surface area contributed by atoms with Crippen LogP contribution in [0.15, 0.2) is 53.7 Å². The van der Waals surface area contributed by atoms with Gasteiger partial charge in [-0.3, -0.25) is 4.40 Å². The smallest absolute Gasteiger partial charge is 0.406 e. The van der Waals surface area contributed by atoms with Gasteiger partial charge in [-0.25, -0.2) is 4.99 Å². The van der Waals surface area contributed by atoms with Crippen molar-refractivity contribution < 1.29 is 17.9 Å². The van der Waals surface area contributed by atoms with Gasteiger partial charge in [0.25, 0.3) is 0 Å². The number of guanidine groups is 1. The molecule has 3 rings (SSSR count). The van der Waals surface area contributed by atoms with E-state index in [4.69, 9.17) is 5.73 Å². The molecule has 0 saturated heterocycles. The maximum absolute atomic E-state index is 12.1. The summed E-state index contributed by atoms with van der Waals surface area (Å²) < 4.78 is 41.9. The molecule has 130 valence electrons. The van der Waals surface area contributed by atoms with Crippen molar-refractivity contribution in [1.29, 1.82) is 0 Å². The number of fused-ring (bicyclic) bond motifs is 1. The monoisotopic (exact) mass is 350 g/mol. The van der Waals surface area contributed by atoms with Gasteiger partial charge < -0.3 is 15.8 Å². The number of halogens is 3. The van der Waals surface area contributed by atoms with Crippen molar-refractivity contribution in [3.05, 3.63) is 54.5 Å². The van der Waals surface area contributed by atoms with Gasteiger partial charge in [0.1, 0.15) is 12.3 Å². The maximum Gasteiger partial charge on any atom is 0.573 e. The lowest BCUT2D eigenvalue weighted by atomic mass is 10.3. The second kappa shape index (κ2) is 6.67. The number of nitrogens with one attached hydrogen (secondary N) is 1. The average molecular weight is 350 g/mol. The van der Waals surface area contributed by atoms with E-state index in [1.54, 1.807) is 4.40 Å². The molecule has 0 unspecified atom stereocenters. The quantitative estimate of drug-likeness (QED) is 0.557. The summed E-state index contributed by atoms with van der Waals surface area (Å²) in [6, 6.07) is 10.7. The Hall–Kier alpha value is -3.30. The van der Waals surface area contributed by atoms with Gasteiger partial charge >= 0.3 is 6.36 Å². The fraction of sp³-hybridized carbons (Fsp3) is 0.133. The SMILES string of the molecule is NC(=NCc1nnc2ccccn12)Nc1ccc(OC(F)(F)F)cc1. The molecule has 0 bridgehead atoms. The lowest BCUT2D eigenvalue weighted by molar-refractivity contribution is -0.274. The number of ether oxygens (including phenoxy) is 1. The second-order valence-electron chi connectivity index (χ2n) is 4.94. The van der Waals surface area contributed by atoms with Crippen LogP contribution in [-0.4, -0.2) is 26.9 Å². The molecular formula is C15H13F3N6O. The zero-order chi connectivity index (χ0) is 17.9. The van der Waals surface area contributed by atoms with E-state index < -0.39 is 6.36 Å². The molecule has 0 aliphatic heterocycles. The van der Waals surface area contributed by atoms with E-state index in [9.17, 15) is 13.2 Å². The van der Waals surface area contributed by atoms with Gasteiger partial charge in [-0.05, 0) is 36.4 Å². The number of aromatic nitrogens is 3. The highest BCUT2D eigenvalue weighted by Gasteiger charge is 2.30.